The maximum atomic E-state index is 13.7. The molecule has 1 N–H and O–H groups in total. The number of nitrogens with zero attached hydrogens (tertiary/aromatic N) is 1. The van der Waals surface area contributed by atoms with E-state index in [2.05, 4.69) is 5.32 Å². The van der Waals surface area contributed by atoms with Crippen LogP contribution in [0.3, 0.4) is 0 Å². The predicted molar refractivity (Wildman–Crippen MR) is 80.7 cm³/mol. The summed E-state index contributed by atoms with van der Waals surface area (Å²) in [5.74, 6) is -2.22. The second-order valence-electron chi connectivity index (χ2n) is 5.34. The zero-order valence-corrected chi connectivity index (χ0v) is 11.9. The zero-order chi connectivity index (χ0) is 15.5. The largest absolute Gasteiger partial charge is 0.380 e. The molecule has 114 valence electrons. The lowest BCUT2D eigenvalue weighted by molar-refractivity contribution is 0.0782. The van der Waals surface area contributed by atoms with Crippen LogP contribution in [-0.2, 0) is 0 Å². The average molecular weight is 302 g/mol. The predicted octanol–water partition coefficient (Wildman–Crippen LogP) is 3.29. The highest BCUT2D eigenvalue weighted by Gasteiger charge is 2.29. The van der Waals surface area contributed by atoms with Crippen molar-refractivity contribution in [2.45, 2.75) is 12.5 Å². The number of likely N-dealkylation sites (tertiary alicyclic amines) is 1. The molecule has 22 heavy (non-hydrogen) atoms. The fraction of sp³-hybridized carbons (Fsp3) is 0.235. The van der Waals surface area contributed by atoms with Crippen LogP contribution in [0.5, 0.6) is 0 Å². The van der Waals surface area contributed by atoms with Crippen LogP contribution < -0.4 is 5.32 Å². The maximum Gasteiger partial charge on any atom is 0.259 e. The molecule has 0 bridgehead atoms. The molecule has 0 saturated carbocycles. The molecule has 0 unspecified atom stereocenters. The molecule has 3 nitrogen and oxygen atoms in total. The summed E-state index contributed by atoms with van der Waals surface area (Å²) >= 11 is 0. The highest BCUT2D eigenvalue weighted by molar-refractivity contribution is 5.95. The van der Waals surface area contributed by atoms with Crippen LogP contribution in [0, 0.1) is 11.6 Å². The smallest absolute Gasteiger partial charge is 0.259 e. The minimum atomic E-state index is -0.815. The summed E-state index contributed by atoms with van der Waals surface area (Å²) in [5, 5.41) is 3.33. The molecule has 2 aromatic rings. The van der Waals surface area contributed by atoms with Crippen LogP contribution in [0.2, 0.25) is 0 Å². The number of carbonyl (C=O) groups is 1. The second kappa shape index (κ2) is 6.13. The number of hydrogen-bond donors (Lipinski definition) is 1. The van der Waals surface area contributed by atoms with Gasteiger partial charge in [0.25, 0.3) is 5.91 Å². The van der Waals surface area contributed by atoms with Gasteiger partial charge < -0.3 is 10.2 Å². The standard InChI is InChI=1S/C17H16F2N2O/c18-14-7-4-8-15(19)16(14)17(22)21-10-9-13(11-21)20-12-5-2-1-3-6-12/h1-8,13,20H,9-11H2/t13-/m1/s1. The minimum Gasteiger partial charge on any atom is -0.380 e. The zero-order valence-electron chi connectivity index (χ0n) is 11.9. The molecule has 0 spiro atoms. The first kappa shape index (κ1) is 14.5. The Morgan fingerprint density at radius 1 is 1.05 bits per heavy atom. The molecule has 2 aromatic carbocycles. The molecule has 3 rings (SSSR count). The fourth-order valence-electron chi connectivity index (χ4n) is 2.69. The third-order valence-electron chi connectivity index (χ3n) is 3.80. The molecule has 1 heterocycles. The molecule has 0 aliphatic carbocycles. The van der Waals surface area contributed by atoms with Gasteiger partial charge in [0.2, 0.25) is 0 Å². The first-order valence-corrected chi connectivity index (χ1v) is 7.20. The molecular weight excluding hydrogens is 286 g/mol. The molecule has 1 aliphatic rings. The summed E-state index contributed by atoms with van der Waals surface area (Å²) in [6.45, 7) is 0.915. The van der Waals surface area contributed by atoms with Crippen molar-refractivity contribution in [1.29, 1.82) is 0 Å². The summed E-state index contributed by atoms with van der Waals surface area (Å²) in [4.78, 5) is 13.8. The highest BCUT2D eigenvalue weighted by atomic mass is 19.1. The highest BCUT2D eigenvalue weighted by Crippen LogP contribution is 2.20. The number of nitrogens with one attached hydrogen (secondary N) is 1. The van der Waals surface area contributed by atoms with Gasteiger partial charge in [0.1, 0.15) is 17.2 Å². The van der Waals surface area contributed by atoms with E-state index in [0.29, 0.717) is 13.1 Å². The van der Waals surface area contributed by atoms with Crippen molar-refractivity contribution in [3.8, 4) is 0 Å². The molecule has 0 aromatic heterocycles. The maximum absolute atomic E-state index is 13.7. The summed E-state index contributed by atoms with van der Waals surface area (Å²) in [6.07, 6.45) is 0.747. The van der Waals surface area contributed by atoms with Gasteiger partial charge in [0.15, 0.2) is 0 Å². The van der Waals surface area contributed by atoms with Crippen LogP contribution in [0.1, 0.15) is 16.8 Å². The molecule has 5 heteroatoms. The second-order valence-corrected chi connectivity index (χ2v) is 5.34. The van der Waals surface area contributed by atoms with Gasteiger partial charge >= 0.3 is 0 Å². The number of rotatable bonds is 3. The Bertz CT molecular complexity index is 655. The van der Waals surface area contributed by atoms with Gasteiger partial charge in [-0.1, -0.05) is 24.3 Å². The topological polar surface area (TPSA) is 32.3 Å². The summed E-state index contributed by atoms with van der Waals surface area (Å²) < 4.78 is 27.4. The van der Waals surface area contributed by atoms with Gasteiger partial charge in [0, 0.05) is 24.8 Å². The van der Waals surface area contributed by atoms with Gasteiger partial charge in [-0.2, -0.15) is 0 Å². The van der Waals surface area contributed by atoms with Crippen LogP contribution in [-0.4, -0.2) is 29.9 Å². The first-order chi connectivity index (χ1) is 10.6. The quantitative estimate of drug-likeness (QED) is 0.943. The van der Waals surface area contributed by atoms with E-state index in [9.17, 15) is 13.6 Å². The molecular formula is C17H16F2N2O. The number of amides is 1. The van der Waals surface area contributed by atoms with Crippen molar-refractivity contribution in [3.05, 3.63) is 65.7 Å². The van der Waals surface area contributed by atoms with E-state index in [1.165, 1.54) is 11.0 Å². The van der Waals surface area contributed by atoms with Gasteiger partial charge in [0.05, 0.1) is 0 Å². The third kappa shape index (κ3) is 2.93. The van der Waals surface area contributed by atoms with Crippen LogP contribution in [0.4, 0.5) is 14.5 Å². The molecule has 0 radical (unpaired) electrons. The van der Waals surface area contributed by atoms with E-state index in [4.69, 9.17) is 0 Å². The van der Waals surface area contributed by atoms with Crippen LogP contribution in [0.15, 0.2) is 48.5 Å². The number of hydrogen-bond acceptors (Lipinski definition) is 2. The van der Waals surface area contributed by atoms with E-state index in [1.807, 2.05) is 30.3 Å². The average Bonchev–Trinajstić information content (AvgIpc) is 2.96. The summed E-state index contributed by atoms with van der Waals surface area (Å²) in [5.41, 5.74) is 0.502. The Kier molecular flexibility index (Phi) is 4.04. The molecule has 1 amide bonds. The Balaban J connectivity index is 1.69. The summed E-state index contributed by atoms with van der Waals surface area (Å²) in [6, 6.07) is 13.2. The SMILES string of the molecule is O=C(c1c(F)cccc1F)N1CC[C@@H](Nc2ccccc2)C1. The van der Waals surface area contributed by atoms with Crippen molar-refractivity contribution < 1.29 is 13.6 Å². The number of halogens is 2. The Labute approximate surface area is 127 Å². The first-order valence-electron chi connectivity index (χ1n) is 7.20. The van der Waals surface area contributed by atoms with E-state index in [0.717, 1.165) is 24.2 Å². The Morgan fingerprint density at radius 3 is 2.41 bits per heavy atom. The van der Waals surface area contributed by atoms with E-state index >= 15 is 0 Å². The lowest BCUT2D eigenvalue weighted by atomic mass is 10.1. The normalized spacial score (nSPS) is 17.5. The van der Waals surface area contributed by atoms with Crippen molar-refractivity contribution in [2.24, 2.45) is 0 Å². The monoisotopic (exact) mass is 302 g/mol. The van der Waals surface area contributed by atoms with Gasteiger partial charge in [-0.05, 0) is 30.7 Å². The third-order valence-corrected chi connectivity index (χ3v) is 3.80. The molecule has 1 saturated heterocycles. The van der Waals surface area contributed by atoms with Crippen LogP contribution in [0.25, 0.3) is 0 Å². The number of benzene rings is 2. The lowest BCUT2D eigenvalue weighted by Gasteiger charge is -2.18. The Hall–Kier alpha value is -2.43. The molecule has 1 atom stereocenters. The van der Waals surface area contributed by atoms with E-state index in [1.54, 1.807) is 0 Å². The molecule has 1 fully saturated rings. The number of carbonyl (C=O) groups excluding carboxylic acids is 1. The number of anilines is 1. The lowest BCUT2D eigenvalue weighted by Crippen LogP contribution is -2.32. The van der Waals surface area contributed by atoms with E-state index < -0.39 is 23.1 Å². The van der Waals surface area contributed by atoms with Crippen molar-refractivity contribution in [3.63, 3.8) is 0 Å². The van der Waals surface area contributed by atoms with Crippen molar-refractivity contribution in [1.82, 2.24) is 4.90 Å². The molecule has 1 aliphatic heterocycles. The number of para-hydroxylation sites is 1. The Morgan fingerprint density at radius 2 is 1.73 bits per heavy atom. The van der Waals surface area contributed by atoms with Crippen molar-refractivity contribution >= 4 is 11.6 Å². The van der Waals surface area contributed by atoms with Gasteiger partial charge in [-0.3, -0.25) is 4.79 Å². The summed E-state index contributed by atoms with van der Waals surface area (Å²) in [7, 11) is 0. The minimum absolute atomic E-state index is 0.0844. The fourth-order valence-corrected chi connectivity index (χ4v) is 2.69. The van der Waals surface area contributed by atoms with Crippen LogP contribution >= 0.6 is 0 Å². The van der Waals surface area contributed by atoms with Gasteiger partial charge in [-0.25, -0.2) is 8.78 Å². The van der Waals surface area contributed by atoms with Gasteiger partial charge in [-0.15, -0.1) is 0 Å². The van der Waals surface area contributed by atoms with Crippen molar-refractivity contribution in [2.75, 3.05) is 18.4 Å². The van der Waals surface area contributed by atoms with E-state index in [-0.39, 0.29) is 6.04 Å².